The topological polar surface area (TPSA) is 303 Å². The number of hydrogen-bond donors (Lipinski definition) is 1. The van der Waals surface area contributed by atoms with Gasteiger partial charge in [0.2, 0.25) is 0 Å². The van der Waals surface area contributed by atoms with Gasteiger partial charge in [-0.3, -0.25) is 43.2 Å². The first-order valence-electron chi connectivity index (χ1n) is 25.9. The highest BCUT2D eigenvalue weighted by Crippen LogP contribution is 2.40. The van der Waals surface area contributed by atoms with Crippen LogP contribution in [-0.4, -0.2) is 165 Å². The molecule has 0 aliphatic carbocycles. The van der Waals surface area contributed by atoms with E-state index in [9.17, 15) is 48.3 Å². The molecule has 3 fully saturated rings. The Bertz CT molecular complexity index is 2150. The minimum atomic E-state index is -2.07. The van der Waals surface area contributed by atoms with Crippen molar-refractivity contribution in [1.82, 2.24) is 0 Å². The lowest BCUT2D eigenvalue weighted by Crippen LogP contribution is -2.68. The SMILES string of the molecule is CC(=O)OC[C@H]1O[C@H](O[C@H]2[C@@H](OC(=O)C(C)(C)C)[C@@H](COC(=O)C(C)(C)C)O[C@@H](O[C@H]3[C@H](OC(=O)C(C)(C)C)[C@@H](OC(=O)C(C)(C)C)[C@H](O)O[C@@H]3COC(=O)C(C)(C)C)[C@@H]2OC(=O)C(C)(C)C)C[C@@H](OC(C)=O)[C@H]1OC(C)=O. The van der Waals surface area contributed by atoms with Crippen molar-refractivity contribution in [2.45, 2.75) is 238 Å². The third kappa shape index (κ3) is 19.4. The summed E-state index contributed by atoms with van der Waals surface area (Å²) >= 11 is 0. The van der Waals surface area contributed by atoms with Gasteiger partial charge in [0.25, 0.3) is 0 Å². The van der Waals surface area contributed by atoms with Gasteiger partial charge in [-0.15, -0.1) is 0 Å². The van der Waals surface area contributed by atoms with E-state index in [4.69, 9.17) is 66.3 Å². The summed E-state index contributed by atoms with van der Waals surface area (Å²) in [6.07, 6.45) is -24.7. The van der Waals surface area contributed by atoms with Crippen molar-refractivity contribution in [3.05, 3.63) is 0 Å². The maximum Gasteiger partial charge on any atom is 0.311 e. The lowest BCUT2D eigenvalue weighted by Gasteiger charge is -2.50. The molecule has 1 N–H and O–H groups in total. The Labute approximate surface area is 457 Å². The normalized spacial score (nSPS) is 29.2. The molecule has 3 rings (SSSR count). The van der Waals surface area contributed by atoms with Crippen LogP contribution in [-0.2, 0) is 109 Å². The first kappa shape index (κ1) is 67.3. The molecule has 0 radical (unpaired) electrons. The van der Waals surface area contributed by atoms with Crippen LogP contribution in [0, 0.1) is 32.5 Å². The number of ether oxygens (including phenoxy) is 14. The van der Waals surface area contributed by atoms with Gasteiger partial charge < -0.3 is 71.4 Å². The van der Waals surface area contributed by atoms with Gasteiger partial charge in [-0.1, -0.05) is 0 Å². The molecule has 78 heavy (non-hydrogen) atoms. The summed E-state index contributed by atoms with van der Waals surface area (Å²) in [5, 5.41) is 11.7. The van der Waals surface area contributed by atoms with Gasteiger partial charge in [-0.25, -0.2) is 0 Å². The van der Waals surface area contributed by atoms with Crippen LogP contribution >= 0.6 is 0 Å². The van der Waals surface area contributed by atoms with Gasteiger partial charge in [0, 0.05) is 27.2 Å². The average molecular weight is 1120 g/mol. The van der Waals surface area contributed by atoms with Crippen LogP contribution in [0.4, 0.5) is 0 Å². The second-order valence-electron chi connectivity index (χ2n) is 25.9. The van der Waals surface area contributed by atoms with E-state index in [0.717, 1.165) is 20.8 Å². The highest BCUT2D eigenvalue weighted by molar-refractivity contribution is 5.78. The van der Waals surface area contributed by atoms with Gasteiger partial charge in [-0.05, 0) is 125 Å². The Morgan fingerprint density at radius 1 is 0.372 bits per heavy atom. The summed E-state index contributed by atoms with van der Waals surface area (Å²) in [6, 6.07) is 0. The van der Waals surface area contributed by atoms with Gasteiger partial charge in [0.1, 0.15) is 56.4 Å². The highest BCUT2D eigenvalue weighted by atomic mass is 16.8. The van der Waals surface area contributed by atoms with Gasteiger partial charge in [-0.2, -0.15) is 0 Å². The van der Waals surface area contributed by atoms with Crippen molar-refractivity contribution >= 4 is 53.7 Å². The van der Waals surface area contributed by atoms with Crippen LogP contribution < -0.4 is 0 Å². The van der Waals surface area contributed by atoms with E-state index in [1.165, 1.54) is 62.3 Å². The van der Waals surface area contributed by atoms with Crippen molar-refractivity contribution < 1.29 is 115 Å². The van der Waals surface area contributed by atoms with Crippen molar-refractivity contribution in [1.29, 1.82) is 0 Å². The summed E-state index contributed by atoms with van der Waals surface area (Å²) in [7, 11) is 0. The summed E-state index contributed by atoms with van der Waals surface area (Å²) < 4.78 is 85.2. The molecule has 0 aromatic heterocycles. The number of aliphatic hydroxyl groups excluding tert-OH is 1. The molecule has 14 atom stereocenters. The van der Waals surface area contributed by atoms with Crippen LogP contribution in [0.15, 0.2) is 0 Å². The first-order valence-corrected chi connectivity index (χ1v) is 25.9. The van der Waals surface area contributed by atoms with E-state index in [0.29, 0.717) is 0 Å². The molecule has 0 aromatic carbocycles. The molecule has 3 heterocycles. The quantitative estimate of drug-likeness (QED) is 0.161. The fourth-order valence-corrected chi connectivity index (χ4v) is 7.26. The number of carbonyl (C=O) groups excluding carboxylic acids is 9. The van der Waals surface area contributed by atoms with E-state index >= 15 is 0 Å². The Morgan fingerprint density at radius 3 is 1.15 bits per heavy atom. The zero-order valence-corrected chi connectivity index (χ0v) is 49.2. The molecule has 0 aromatic rings. The van der Waals surface area contributed by atoms with Crippen LogP contribution in [0.2, 0.25) is 0 Å². The first-order chi connectivity index (χ1) is 35.3. The number of aliphatic hydroxyl groups is 1. The van der Waals surface area contributed by atoms with E-state index in [1.54, 1.807) is 62.3 Å². The molecule has 0 spiro atoms. The maximum atomic E-state index is 14.4. The maximum absolute atomic E-state index is 14.4. The van der Waals surface area contributed by atoms with Gasteiger partial charge >= 0.3 is 53.7 Å². The summed E-state index contributed by atoms with van der Waals surface area (Å²) in [5.41, 5.74) is -7.24. The van der Waals surface area contributed by atoms with Crippen molar-refractivity contribution in [2.75, 3.05) is 19.8 Å². The van der Waals surface area contributed by atoms with Gasteiger partial charge in [0.05, 0.1) is 32.5 Å². The Morgan fingerprint density at radius 2 is 0.744 bits per heavy atom. The minimum Gasteiger partial charge on any atom is -0.463 e. The molecule has 3 aliphatic heterocycles. The highest BCUT2D eigenvalue weighted by Gasteiger charge is 2.59. The van der Waals surface area contributed by atoms with Crippen LogP contribution in [0.1, 0.15) is 152 Å². The minimum absolute atomic E-state index is 0.443. The van der Waals surface area contributed by atoms with E-state index in [2.05, 4.69) is 0 Å². The van der Waals surface area contributed by atoms with Gasteiger partial charge in [0.15, 0.2) is 49.4 Å². The molecule has 24 nitrogen and oxygen atoms in total. The largest absolute Gasteiger partial charge is 0.463 e. The smallest absolute Gasteiger partial charge is 0.311 e. The van der Waals surface area contributed by atoms with Crippen molar-refractivity contribution in [2.24, 2.45) is 32.5 Å². The lowest BCUT2D eigenvalue weighted by molar-refractivity contribution is -0.373. The third-order valence-corrected chi connectivity index (χ3v) is 11.8. The van der Waals surface area contributed by atoms with Crippen LogP contribution in [0.3, 0.4) is 0 Å². The number of hydrogen-bond acceptors (Lipinski definition) is 24. The van der Waals surface area contributed by atoms with E-state index in [-0.39, 0.29) is 0 Å². The Kier molecular flexibility index (Phi) is 22.5. The Balaban J connectivity index is 2.52. The van der Waals surface area contributed by atoms with Crippen LogP contribution in [0.5, 0.6) is 0 Å². The standard InChI is InChI=1S/C54H86O24/c1-26(55)65-23-30-34(69-28(3)57)29(68-27(2)56)22-33(70-30)73-38-36(75-45(61)51(10,11)12)32(25-67-44(60)50(7,8)9)72-42(40(38)78-48(64)54(19,20)21)74-35-31(24-66-43(59)49(4,5)6)71-41(58)39(77-47(63)53(16,17)18)37(35)76-46(62)52(13,14)15/h29-42,58H,22-25H2,1-21H3/t29-,30-,31-,32-,33-,34-,35-,36+,37+,38+,39-,40-,41-,42+/m1/s1. The van der Waals surface area contributed by atoms with Crippen LogP contribution in [0.25, 0.3) is 0 Å². The molecule has 3 aliphatic rings. The molecule has 0 bridgehead atoms. The second kappa shape index (κ2) is 26.1. The molecular weight excluding hydrogens is 1030 g/mol. The molecular formula is C54H86O24. The summed E-state index contributed by atoms with van der Waals surface area (Å²) in [5.74, 6) is -7.47. The molecule has 0 amide bonds. The van der Waals surface area contributed by atoms with Crippen molar-refractivity contribution in [3.63, 3.8) is 0 Å². The fraction of sp³-hybridized carbons (Fsp3) is 0.833. The predicted octanol–water partition coefficient (Wildman–Crippen LogP) is 4.75. The van der Waals surface area contributed by atoms with Crippen molar-refractivity contribution in [3.8, 4) is 0 Å². The zero-order valence-electron chi connectivity index (χ0n) is 49.2. The molecule has 0 saturated carbocycles. The fourth-order valence-electron chi connectivity index (χ4n) is 7.26. The Hall–Kier alpha value is -5.01. The lowest BCUT2D eigenvalue weighted by atomic mass is 9.92. The van der Waals surface area contributed by atoms with E-state index in [1.807, 2.05) is 0 Å². The molecule has 0 unspecified atom stereocenters. The molecule has 446 valence electrons. The zero-order chi connectivity index (χ0) is 60.0. The predicted molar refractivity (Wildman–Crippen MR) is 268 cm³/mol. The molecule has 3 saturated heterocycles. The number of carbonyl (C=O) groups is 9. The number of rotatable bonds is 16. The summed E-state index contributed by atoms with van der Waals surface area (Å²) in [4.78, 5) is 121. The van der Waals surface area contributed by atoms with E-state index < -0.39 is 198 Å². The number of esters is 9. The second-order valence-corrected chi connectivity index (χ2v) is 25.9. The monoisotopic (exact) mass is 1120 g/mol. The summed E-state index contributed by atoms with van der Waals surface area (Å²) in [6.45, 7) is 29.1. The molecule has 24 heteroatoms. The average Bonchev–Trinajstić information content (AvgIpc) is 3.26. The third-order valence-electron chi connectivity index (χ3n) is 11.8.